The Balaban J connectivity index is 1.37. The molecule has 4 aromatic carbocycles. The molecule has 0 fully saturated rings. The van der Waals surface area contributed by atoms with Crippen molar-refractivity contribution in [2.45, 2.75) is 6.61 Å². The molecule has 0 aliphatic rings. The summed E-state index contributed by atoms with van der Waals surface area (Å²) in [6.45, 7) is 0.488. The molecule has 0 bridgehead atoms. The van der Waals surface area contributed by atoms with Gasteiger partial charge >= 0.3 is 0 Å². The van der Waals surface area contributed by atoms with E-state index in [-0.39, 0.29) is 11.7 Å². The first-order valence-electron chi connectivity index (χ1n) is 11.7. The number of nitrogens with zero attached hydrogens (tertiary/aromatic N) is 3. The number of nitrogens with one attached hydrogen (secondary N) is 1. The van der Waals surface area contributed by atoms with Gasteiger partial charge in [-0.1, -0.05) is 48.5 Å². The number of carbonyl (C=O) groups is 1. The fourth-order valence-corrected chi connectivity index (χ4v) is 3.71. The third-order valence-electron chi connectivity index (χ3n) is 5.64. The van der Waals surface area contributed by atoms with E-state index in [4.69, 9.17) is 9.84 Å². The van der Waals surface area contributed by atoms with Crippen molar-refractivity contribution in [1.29, 1.82) is 0 Å². The molecule has 7 heteroatoms. The Hall–Kier alpha value is -5.17. The third kappa shape index (κ3) is 5.91. The van der Waals surface area contributed by atoms with Crippen molar-refractivity contribution >= 4 is 12.1 Å². The Morgan fingerprint density at radius 2 is 1.57 bits per heavy atom. The molecule has 5 aromatic rings. The molecule has 0 spiro atoms. The molecule has 7 nitrogen and oxygen atoms in total. The quantitative estimate of drug-likeness (QED) is 0.220. The number of hydrogen-bond donors (Lipinski definition) is 2. The lowest BCUT2D eigenvalue weighted by Gasteiger charge is -2.07. The van der Waals surface area contributed by atoms with Crippen LogP contribution in [0.1, 0.15) is 21.5 Å². The molecule has 37 heavy (non-hydrogen) atoms. The first-order valence-corrected chi connectivity index (χ1v) is 11.7. The molecule has 0 aliphatic carbocycles. The molecule has 1 amide bonds. The minimum atomic E-state index is -0.381. The predicted molar refractivity (Wildman–Crippen MR) is 143 cm³/mol. The molecule has 0 aliphatic heterocycles. The highest BCUT2D eigenvalue weighted by Crippen LogP contribution is 2.25. The van der Waals surface area contributed by atoms with Gasteiger partial charge in [0, 0.05) is 22.9 Å². The fraction of sp³-hybridized carbons (Fsp3) is 0.0333. The lowest BCUT2D eigenvalue weighted by molar-refractivity contribution is 0.0955. The van der Waals surface area contributed by atoms with E-state index < -0.39 is 0 Å². The standard InChI is InChI=1S/C30H24N4O3/c35-27-15-11-24(12-16-27)30(36)32-31-19-25-20-34(26-9-5-2-6-10-26)33-29(25)23-13-17-28(18-14-23)37-21-22-7-3-1-4-8-22/h1-20,35H,21H2,(H,32,36)/b31-19+. The summed E-state index contributed by atoms with van der Waals surface area (Å²) in [6, 6.07) is 33.4. The maximum atomic E-state index is 12.4. The van der Waals surface area contributed by atoms with Gasteiger partial charge in [-0.05, 0) is 66.2 Å². The van der Waals surface area contributed by atoms with Crippen molar-refractivity contribution in [2.75, 3.05) is 0 Å². The van der Waals surface area contributed by atoms with Crippen LogP contribution in [0.25, 0.3) is 16.9 Å². The lowest BCUT2D eigenvalue weighted by Crippen LogP contribution is -2.17. The second-order valence-electron chi connectivity index (χ2n) is 8.26. The van der Waals surface area contributed by atoms with Gasteiger partial charge in [0.2, 0.25) is 0 Å². The Bertz CT molecular complexity index is 1490. The van der Waals surface area contributed by atoms with E-state index in [1.807, 2.05) is 91.1 Å². The van der Waals surface area contributed by atoms with Crippen LogP contribution < -0.4 is 10.2 Å². The predicted octanol–water partition coefficient (Wildman–Crippen LogP) is 5.59. The minimum Gasteiger partial charge on any atom is -0.508 e. The van der Waals surface area contributed by atoms with Crippen LogP contribution in [0.15, 0.2) is 120 Å². The number of carbonyl (C=O) groups excluding carboxylic acids is 1. The van der Waals surface area contributed by atoms with Crippen molar-refractivity contribution in [3.63, 3.8) is 0 Å². The summed E-state index contributed by atoms with van der Waals surface area (Å²) in [7, 11) is 0. The van der Waals surface area contributed by atoms with Crippen LogP contribution in [0.3, 0.4) is 0 Å². The number of benzene rings is 4. The zero-order valence-electron chi connectivity index (χ0n) is 19.9. The number of aromatic nitrogens is 2. The Labute approximate surface area is 214 Å². The smallest absolute Gasteiger partial charge is 0.271 e. The Kier molecular flexibility index (Phi) is 7.04. The largest absolute Gasteiger partial charge is 0.508 e. The molecule has 0 atom stereocenters. The summed E-state index contributed by atoms with van der Waals surface area (Å²) in [4.78, 5) is 12.4. The SMILES string of the molecule is O=C(N/N=C/c1cn(-c2ccccc2)nc1-c1ccc(OCc2ccccc2)cc1)c1ccc(O)cc1. The maximum Gasteiger partial charge on any atom is 0.271 e. The summed E-state index contributed by atoms with van der Waals surface area (Å²) in [5, 5.41) is 18.4. The fourth-order valence-electron chi connectivity index (χ4n) is 3.71. The van der Waals surface area contributed by atoms with Crippen LogP contribution in [0.4, 0.5) is 0 Å². The molecule has 0 saturated heterocycles. The molecule has 182 valence electrons. The third-order valence-corrected chi connectivity index (χ3v) is 5.64. The number of amides is 1. The number of aromatic hydroxyl groups is 1. The summed E-state index contributed by atoms with van der Waals surface area (Å²) >= 11 is 0. The van der Waals surface area contributed by atoms with Crippen LogP contribution in [-0.2, 0) is 6.61 Å². The van der Waals surface area contributed by atoms with Crippen molar-refractivity contribution in [1.82, 2.24) is 15.2 Å². The van der Waals surface area contributed by atoms with Crippen LogP contribution in [0, 0.1) is 0 Å². The van der Waals surface area contributed by atoms with E-state index >= 15 is 0 Å². The van der Waals surface area contributed by atoms with Gasteiger partial charge in [-0.2, -0.15) is 10.2 Å². The van der Waals surface area contributed by atoms with Gasteiger partial charge in [-0.25, -0.2) is 10.1 Å². The first kappa shape index (κ1) is 23.6. The number of para-hydroxylation sites is 1. The lowest BCUT2D eigenvalue weighted by atomic mass is 10.1. The van der Waals surface area contributed by atoms with E-state index in [2.05, 4.69) is 10.5 Å². The number of phenols is 1. The number of hydrazone groups is 1. The number of phenolic OH excluding ortho intramolecular Hbond substituents is 1. The molecule has 0 saturated carbocycles. The summed E-state index contributed by atoms with van der Waals surface area (Å²) < 4.78 is 7.69. The molecule has 2 N–H and O–H groups in total. The number of ether oxygens (including phenoxy) is 1. The van der Waals surface area contributed by atoms with Gasteiger partial charge in [0.05, 0.1) is 11.9 Å². The molecule has 0 radical (unpaired) electrons. The van der Waals surface area contributed by atoms with Gasteiger partial charge in [0.1, 0.15) is 23.8 Å². The number of rotatable bonds is 8. The highest BCUT2D eigenvalue weighted by atomic mass is 16.5. The highest BCUT2D eigenvalue weighted by molar-refractivity contribution is 5.95. The minimum absolute atomic E-state index is 0.0921. The van der Waals surface area contributed by atoms with Crippen molar-refractivity contribution in [3.8, 4) is 28.4 Å². The van der Waals surface area contributed by atoms with Crippen molar-refractivity contribution in [2.24, 2.45) is 5.10 Å². The normalized spacial score (nSPS) is 10.9. The zero-order chi connectivity index (χ0) is 25.5. The molecular formula is C30H24N4O3. The van der Waals surface area contributed by atoms with Crippen LogP contribution in [-0.4, -0.2) is 27.0 Å². The second kappa shape index (κ2) is 11.0. The van der Waals surface area contributed by atoms with Crippen LogP contribution in [0.5, 0.6) is 11.5 Å². The van der Waals surface area contributed by atoms with E-state index in [1.165, 1.54) is 24.3 Å². The topological polar surface area (TPSA) is 88.7 Å². The van der Waals surface area contributed by atoms with Crippen LogP contribution >= 0.6 is 0 Å². The molecule has 1 aromatic heterocycles. The first-order chi connectivity index (χ1) is 18.2. The zero-order valence-corrected chi connectivity index (χ0v) is 19.9. The average molecular weight is 489 g/mol. The van der Waals surface area contributed by atoms with E-state index in [1.54, 1.807) is 10.9 Å². The van der Waals surface area contributed by atoms with Crippen molar-refractivity contribution in [3.05, 3.63) is 132 Å². The monoisotopic (exact) mass is 488 g/mol. The summed E-state index contributed by atoms with van der Waals surface area (Å²) in [5.74, 6) is 0.467. The Morgan fingerprint density at radius 3 is 2.27 bits per heavy atom. The Morgan fingerprint density at radius 1 is 0.892 bits per heavy atom. The highest BCUT2D eigenvalue weighted by Gasteiger charge is 2.12. The van der Waals surface area contributed by atoms with Crippen LogP contribution in [0.2, 0.25) is 0 Å². The molecular weight excluding hydrogens is 464 g/mol. The second-order valence-corrected chi connectivity index (χ2v) is 8.26. The molecule has 0 unspecified atom stereocenters. The van der Waals surface area contributed by atoms with Gasteiger partial charge < -0.3 is 9.84 Å². The average Bonchev–Trinajstić information content (AvgIpc) is 3.38. The maximum absolute atomic E-state index is 12.4. The van der Waals surface area contributed by atoms with Gasteiger partial charge in [0.25, 0.3) is 5.91 Å². The van der Waals surface area contributed by atoms with Gasteiger partial charge in [-0.15, -0.1) is 0 Å². The van der Waals surface area contributed by atoms with E-state index in [9.17, 15) is 9.90 Å². The van der Waals surface area contributed by atoms with Gasteiger partial charge in [0.15, 0.2) is 0 Å². The van der Waals surface area contributed by atoms with E-state index in [0.717, 1.165) is 28.1 Å². The van der Waals surface area contributed by atoms with Crippen molar-refractivity contribution < 1.29 is 14.6 Å². The molecule has 5 rings (SSSR count). The summed E-state index contributed by atoms with van der Waals surface area (Å²) in [5.41, 5.74) is 7.24. The van der Waals surface area contributed by atoms with E-state index in [0.29, 0.717) is 17.9 Å². The number of hydrogen-bond acceptors (Lipinski definition) is 5. The molecule has 1 heterocycles. The summed E-state index contributed by atoms with van der Waals surface area (Å²) in [6.07, 6.45) is 3.43. The van der Waals surface area contributed by atoms with Gasteiger partial charge in [-0.3, -0.25) is 4.79 Å².